The van der Waals surface area contributed by atoms with Gasteiger partial charge in [0.1, 0.15) is 12.6 Å². The lowest BCUT2D eigenvalue weighted by atomic mass is 9.86. The number of nitrogens with one attached hydrogen (secondary N) is 2. The number of ether oxygens (including phenoxy) is 1. The quantitative estimate of drug-likeness (QED) is 0.593. The van der Waals surface area contributed by atoms with E-state index in [4.69, 9.17) is 4.74 Å². The average Bonchev–Trinajstić information content (AvgIpc) is 3.51. The molecule has 1 saturated carbocycles. The van der Waals surface area contributed by atoms with E-state index in [-0.39, 0.29) is 19.1 Å². The number of alkyl carbamates (subject to hydrolysis) is 1. The van der Waals surface area contributed by atoms with Gasteiger partial charge in [-0.15, -0.1) is 0 Å². The van der Waals surface area contributed by atoms with Crippen molar-refractivity contribution >= 4 is 18.0 Å². The van der Waals surface area contributed by atoms with Crippen molar-refractivity contribution in [3.63, 3.8) is 0 Å². The van der Waals surface area contributed by atoms with Crippen LogP contribution in [0.3, 0.4) is 0 Å². The Morgan fingerprint density at radius 1 is 1.03 bits per heavy atom. The third-order valence-corrected chi connectivity index (χ3v) is 6.64. The average molecular weight is 451 g/mol. The van der Waals surface area contributed by atoms with E-state index >= 15 is 0 Å². The zero-order chi connectivity index (χ0) is 23.8. The Hall–Kier alpha value is -3.35. The number of benzene rings is 2. The molecular weight excluding hydrogens is 420 g/mol. The molecule has 2 aliphatic carbocycles. The summed E-state index contributed by atoms with van der Waals surface area (Å²) >= 11 is 0. The highest BCUT2D eigenvalue weighted by Gasteiger charge is 2.50. The molecule has 33 heavy (non-hydrogen) atoms. The SMILES string of the molecule is CC(C)(C)[C@H](NC(=O)OCC1c2ccccc2-c2ccccc21)C(=O)NCC1(C(=O)O)CC1. The highest BCUT2D eigenvalue weighted by molar-refractivity contribution is 5.87. The van der Waals surface area contributed by atoms with Crippen LogP contribution in [0.25, 0.3) is 11.1 Å². The second-order valence-corrected chi connectivity index (χ2v) is 10.1. The molecule has 0 unspecified atom stereocenters. The summed E-state index contributed by atoms with van der Waals surface area (Å²) in [6.45, 7) is 5.72. The molecule has 3 N–H and O–H groups in total. The Labute approximate surface area is 193 Å². The summed E-state index contributed by atoms with van der Waals surface area (Å²) in [7, 11) is 0. The maximum Gasteiger partial charge on any atom is 0.407 e. The molecule has 0 bridgehead atoms. The highest BCUT2D eigenvalue weighted by Crippen LogP contribution is 2.45. The number of hydrogen-bond acceptors (Lipinski definition) is 4. The number of fused-ring (bicyclic) bond motifs is 3. The topological polar surface area (TPSA) is 105 Å². The predicted octanol–water partition coefficient (Wildman–Crippen LogP) is 3.92. The van der Waals surface area contributed by atoms with E-state index in [1.807, 2.05) is 57.2 Å². The van der Waals surface area contributed by atoms with E-state index < -0.39 is 34.8 Å². The number of hydrogen-bond donors (Lipinski definition) is 3. The fourth-order valence-corrected chi connectivity index (χ4v) is 4.41. The van der Waals surface area contributed by atoms with Gasteiger partial charge in [-0.25, -0.2) is 4.79 Å². The molecule has 1 atom stereocenters. The Bertz CT molecular complexity index is 1040. The molecule has 2 amide bonds. The number of carbonyl (C=O) groups excluding carboxylic acids is 2. The Morgan fingerprint density at radius 2 is 1.58 bits per heavy atom. The number of aliphatic carboxylic acids is 1. The molecule has 0 aromatic heterocycles. The van der Waals surface area contributed by atoms with Gasteiger partial charge in [0.25, 0.3) is 0 Å². The van der Waals surface area contributed by atoms with Gasteiger partial charge in [-0.2, -0.15) is 0 Å². The van der Waals surface area contributed by atoms with Crippen LogP contribution in [0.5, 0.6) is 0 Å². The van der Waals surface area contributed by atoms with Crippen LogP contribution < -0.4 is 10.6 Å². The summed E-state index contributed by atoms with van der Waals surface area (Å²) in [6, 6.07) is 15.3. The van der Waals surface area contributed by atoms with Crippen LogP contribution in [0.4, 0.5) is 4.79 Å². The van der Waals surface area contributed by atoms with Crippen LogP contribution in [-0.2, 0) is 14.3 Å². The molecule has 0 spiro atoms. The van der Waals surface area contributed by atoms with E-state index in [0.29, 0.717) is 12.8 Å². The van der Waals surface area contributed by atoms with Crippen molar-refractivity contribution in [1.82, 2.24) is 10.6 Å². The fourth-order valence-electron chi connectivity index (χ4n) is 4.41. The van der Waals surface area contributed by atoms with Gasteiger partial charge < -0.3 is 20.5 Å². The first-order chi connectivity index (χ1) is 15.6. The normalized spacial score (nSPS) is 16.8. The maximum atomic E-state index is 12.8. The monoisotopic (exact) mass is 450 g/mol. The number of amides is 2. The van der Waals surface area contributed by atoms with Crippen molar-refractivity contribution in [3.05, 3.63) is 59.7 Å². The summed E-state index contributed by atoms with van der Waals surface area (Å²) in [4.78, 5) is 36.9. The second-order valence-electron chi connectivity index (χ2n) is 10.1. The standard InChI is InChI=1S/C26H30N2O5/c1-25(2,3)21(22(29)27-15-26(12-13-26)23(30)31)28-24(32)33-14-20-18-10-6-4-8-16(18)17-9-5-7-11-19(17)20/h4-11,20-21H,12-15H2,1-3H3,(H,27,29)(H,28,32)(H,30,31)/t21-/m1/s1. The van der Waals surface area contributed by atoms with Gasteiger partial charge in [0.15, 0.2) is 0 Å². The zero-order valence-electron chi connectivity index (χ0n) is 19.2. The Morgan fingerprint density at radius 3 is 2.06 bits per heavy atom. The Kier molecular flexibility index (Phi) is 5.91. The van der Waals surface area contributed by atoms with Crippen LogP contribution >= 0.6 is 0 Å². The van der Waals surface area contributed by atoms with Gasteiger partial charge in [0, 0.05) is 12.5 Å². The van der Waals surface area contributed by atoms with E-state index in [2.05, 4.69) is 22.8 Å². The summed E-state index contributed by atoms with van der Waals surface area (Å²) in [5, 5.41) is 14.7. The minimum atomic E-state index is -0.903. The maximum absolute atomic E-state index is 12.8. The third kappa shape index (κ3) is 4.58. The van der Waals surface area contributed by atoms with Crippen molar-refractivity contribution in [3.8, 4) is 11.1 Å². The van der Waals surface area contributed by atoms with Crippen LogP contribution in [0, 0.1) is 10.8 Å². The van der Waals surface area contributed by atoms with E-state index in [1.54, 1.807) is 0 Å². The first kappa shape index (κ1) is 22.8. The number of carbonyl (C=O) groups is 3. The molecule has 0 saturated heterocycles. The smallest absolute Gasteiger partial charge is 0.407 e. The third-order valence-electron chi connectivity index (χ3n) is 6.64. The summed E-state index contributed by atoms with van der Waals surface area (Å²) in [5.74, 6) is -1.39. The number of rotatable bonds is 7. The first-order valence-corrected chi connectivity index (χ1v) is 11.2. The van der Waals surface area contributed by atoms with Crippen molar-refractivity contribution in [2.45, 2.75) is 45.6 Å². The summed E-state index contributed by atoms with van der Waals surface area (Å²) < 4.78 is 5.59. The molecular formula is C26H30N2O5. The minimum Gasteiger partial charge on any atom is -0.481 e. The predicted molar refractivity (Wildman–Crippen MR) is 124 cm³/mol. The van der Waals surface area contributed by atoms with Crippen molar-refractivity contribution in [2.24, 2.45) is 10.8 Å². The van der Waals surface area contributed by atoms with Crippen LogP contribution in [-0.4, -0.2) is 42.3 Å². The van der Waals surface area contributed by atoms with Gasteiger partial charge in [-0.3, -0.25) is 9.59 Å². The van der Waals surface area contributed by atoms with Crippen LogP contribution in [0.1, 0.15) is 50.7 Å². The van der Waals surface area contributed by atoms with E-state index in [1.165, 1.54) is 0 Å². The van der Waals surface area contributed by atoms with Gasteiger partial charge in [0.05, 0.1) is 5.41 Å². The summed E-state index contributed by atoms with van der Waals surface area (Å²) in [6.07, 6.45) is 0.414. The van der Waals surface area contributed by atoms with E-state index in [0.717, 1.165) is 22.3 Å². The summed E-state index contributed by atoms with van der Waals surface area (Å²) in [5.41, 5.74) is 3.04. The Balaban J connectivity index is 1.40. The first-order valence-electron chi connectivity index (χ1n) is 11.2. The minimum absolute atomic E-state index is 0.0557. The molecule has 2 aromatic carbocycles. The largest absolute Gasteiger partial charge is 0.481 e. The molecule has 174 valence electrons. The second kappa shape index (κ2) is 8.54. The van der Waals surface area contributed by atoms with Gasteiger partial charge in [-0.1, -0.05) is 69.3 Å². The van der Waals surface area contributed by atoms with Crippen LogP contribution in [0.2, 0.25) is 0 Å². The molecule has 4 rings (SSSR count). The van der Waals surface area contributed by atoms with Crippen molar-refractivity contribution < 1.29 is 24.2 Å². The van der Waals surface area contributed by atoms with Gasteiger partial charge >= 0.3 is 12.1 Å². The molecule has 2 aromatic rings. The van der Waals surface area contributed by atoms with Gasteiger partial charge in [-0.05, 0) is 40.5 Å². The molecule has 2 aliphatic rings. The fraction of sp³-hybridized carbons (Fsp3) is 0.423. The molecule has 0 aliphatic heterocycles. The lowest BCUT2D eigenvalue weighted by Gasteiger charge is -2.30. The molecule has 0 radical (unpaired) electrons. The molecule has 1 fully saturated rings. The molecule has 7 heteroatoms. The van der Waals surface area contributed by atoms with Crippen molar-refractivity contribution in [1.29, 1.82) is 0 Å². The zero-order valence-corrected chi connectivity index (χ0v) is 19.2. The lowest BCUT2D eigenvalue weighted by Crippen LogP contribution is -2.54. The number of carboxylic acids is 1. The van der Waals surface area contributed by atoms with Crippen LogP contribution in [0.15, 0.2) is 48.5 Å². The highest BCUT2D eigenvalue weighted by atomic mass is 16.5. The molecule has 7 nitrogen and oxygen atoms in total. The lowest BCUT2D eigenvalue weighted by molar-refractivity contribution is -0.143. The molecule has 0 heterocycles. The number of carboxylic acid groups (broad SMARTS) is 1. The van der Waals surface area contributed by atoms with E-state index in [9.17, 15) is 19.5 Å². The van der Waals surface area contributed by atoms with Gasteiger partial charge in [0.2, 0.25) is 5.91 Å². The van der Waals surface area contributed by atoms with Crippen molar-refractivity contribution in [2.75, 3.05) is 13.2 Å².